The van der Waals surface area contributed by atoms with Crippen molar-refractivity contribution in [2.45, 2.75) is 63.0 Å². The Bertz CT molecular complexity index is 613. The third-order valence-corrected chi connectivity index (χ3v) is 9.02. The first-order valence-corrected chi connectivity index (χ1v) is 11.1. The second-order valence-electron chi connectivity index (χ2n) is 8.87. The Morgan fingerprint density at radius 1 is 1.31 bits per heavy atom. The van der Waals surface area contributed by atoms with Crippen molar-refractivity contribution in [2.75, 3.05) is 25.2 Å². The lowest BCUT2D eigenvalue weighted by atomic mass is 9.68. The maximum absolute atomic E-state index is 13.5. The molecule has 0 aromatic carbocycles. The fourth-order valence-corrected chi connectivity index (χ4v) is 8.09. The van der Waals surface area contributed by atoms with Gasteiger partial charge in [0.1, 0.15) is 11.8 Å². The number of esters is 1. The number of aliphatic hydroxyl groups is 1. The van der Waals surface area contributed by atoms with Gasteiger partial charge in [0, 0.05) is 5.41 Å². The largest absolute Gasteiger partial charge is 0.467 e. The zero-order valence-corrected chi connectivity index (χ0v) is 18.0. The molecule has 148 valence electrons. The molecule has 6 nitrogen and oxygen atoms in total. The Kier molecular flexibility index (Phi) is 4.91. The molecule has 1 N–H and O–H groups in total. The van der Waals surface area contributed by atoms with Crippen molar-refractivity contribution in [1.82, 2.24) is 4.90 Å². The second-order valence-corrected chi connectivity index (χ2v) is 11.6. The van der Waals surface area contributed by atoms with Crippen LogP contribution in [0.1, 0.15) is 41.0 Å². The van der Waals surface area contributed by atoms with E-state index in [2.05, 4.69) is 0 Å². The maximum Gasteiger partial charge on any atom is 0.337 e. The van der Waals surface area contributed by atoms with Crippen LogP contribution in [0, 0.1) is 10.8 Å². The van der Waals surface area contributed by atoms with Crippen molar-refractivity contribution in [2.24, 2.45) is 10.8 Å². The van der Waals surface area contributed by atoms with E-state index in [1.54, 1.807) is 37.4 Å². The molecular weight excluding hydrogens is 374 g/mol. The molecule has 3 heterocycles. The summed E-state index contributed by atoms with van der Waals surface area (Å²) in [6.07, 6.45) is 0.452. The van der Waals surface area contributed by atoms with Crippen molar-refractivity contribution in [3.63, 3.8) is 0 Å². The first kappa shape index (κ1) is 20.3. The normalized spacial score (nSPS) is 37.7. The number of nitrogens with zero attached hydrogens (tertiary/aromatic N) is 1. The number of carbonyl (C=O) groups excluding carboxylic acids is 2. The number of ether oxygens (including phenoxy) is 2. The fourth-order valence-electron chi connectivity index (χ4n) is 4.44. The first-order chi connectivity index (χ1) is 12.0. The standard InChI is InChI=1S/C18H29NO5S2/c1-15(2,3)12-19-11(20)16(4,5)18(22,14-25-8-7-9-26-14)17(19,10-24-12)13(21)23-6/h12,14,22H,7-10H2,1-6H3/t12-,17+,18+/m1/s1. The zero-order valence-electron chi connectivity index (χ0n) is 16.3. The third kappa shape index (κ3) is 2.34. The predicted molar refractivity (Wildman–Crippen MR) is 103 cm³/mol. The van der Waals surface area contributed by atoms with Gasteiger partial charge in [-0.25, -0.2) is 4.79 Å². The summed E-state index contributed by atoms with van der Waals surface area (Å²) in [6.45, 7) is 9.33. The molecule has 26 heavy (non-hydrogen) atoms. The van der Waals surface area contributed by atoms with Crippen molar-refractivity contribution >= 4 is 35.4 Å². The lowest BCUT2D eigenvalue weighted by molar-refractivity contribution is -0.169. The van der Waals surface area contributed by atoms with E-state index in [0.29, 0.717) is 0 Å². The smallest absolute Gasteiger partial charge is 0.337 e. The van der Waals surface area contributed by atoms with Gasteiger partial charge in [0.05, 0.1) is 23.7 Å². The highest BCUT2D eigenvalue weighted by Gasteiger charge is 2.82. The minimum atomic E-state index is -1.60. The summed E-state index contributed by atoms with van der Waals surface area (Å²) in [6, 6.07) is 0. The lowest BCUT2D eigenvalue weighted by Crippen LogP contribution is -2.70. The SMILES string of the molecule is COC(=O)[C@]12CO[C@H](C(C)(C)C)N1C(=O)C(C)(C)[C@@]2(O)C1SCCCS1. The van der Waals surface area contributed by atoms with Gasteiger partial charge in [-0.2, -0.15) is 0 Å². The summed E-state index contributed by atoms with van der Waals surface area (Å²) in [7, 11) is 1.30. The van der Waals surface area contributed by atoms with Crippen molar-refractivity contribution in [1.29, 1.82) is 0 Å². The molecule has 3 saturated heterocycles. The Morgan fingerprint density at radius 2 is 1.88 bits per heavy atom. The van der Waals surface area contributed by atoms with Gasteiger partial charge in [-0.05, 0) is 31.8 Å². The first-order valence-electron chi connectivity index (χ1n) is 8.95. The second kappa shape index (κ2) is 6.29. The molecule has 0 radical (unpaired) electrons. The van der Waals surface area contributed by atoms with Gasteiger partial charge >= 0.3 is 5.97 Å². The molecule has 1 amide bonds. The maximum atomic E-state index is 13.5. The van der Waals surface area contributed by atoms with Gasteiger partial charge in [0.15, 0.2) is 5.54 Å². The molecule has 3 aliphatic heterocycles. The molecule has 3 aliphatic rings. The molecule has 3 rings (SSSR count). The van der Waals surface area contributed by atoms with Crippen molar-refractivity contribution < 1.29 is 24.2 Å². The molecule has 8 heteroatoms. The van der Waals surface area contributed by atoms with Gasteiger partial charge in [-0.15, -0.1) is 23.5 Å². The molecule has 0 saturated carbocycles. The Hall–Kier alpha value is -0.440. The summed E-state index contributed by atoms with van der Waals surface area (Å²) in [5.74, 6) is 0.933. The van der Waals surface area contributed by atoms with Crippen LogP contribution in [-0.4, -0.2) is 69.1 Å². The number of methoxy groups -OCH3 is 1. The van der Waals surface area contributed by atoms with E-state index in [1.807, 2.05) is 20.8 Å². The lowest BCUT2D eigenvalue weighted by Gasteiger charge is -2.48. The van der Waals surface area contributed by atoms with E-state index < -0.39 is 34.2 Å². The summed E-state index contributed by atoms with van der Waals surface area (Å²) in [5, 5.41) is 12.1. The number of thioether (sulfide) groups is 2. The van der Waals surface area contributed by atoms with Crippen LogP contribution in [0.25, 0.3) is 0 Å². The van der Waals surface area contributed by atoms with E-state index in [-0.39, 0.29) is 17.1 Å². The number of carbonyl (C=O) groups is 2. The Labute approximate surface area is 163 Å². The predicted octanol–water partition coefficient (Wildman–Crippen LogP) is 2.10. The molecule has 0 bridgehead atoms. The monoisotopic (exact) mass is 403 g/mol. The fraction of sp³-hybridized carbons (Fsp3) is 0.889. The minimum absolute atomic E-state index is 0.0507. The topological polar surface area (TPSA) is 76.1 Å². The highest BCUT2D eigenvalue weighted by atomic mass is 32.2. The van der Waals surface area contributed by atoms with Crippen molar-refractivity contribution in [3.05, 3.63) is 0 Å². The third-order valence-electron chi connectivity index (χ3n) is 5.86. The molecule has 0 unspecified atom stereocenters. The number of hydrogen-bond acceptors (Lipinski definition) is 7. The van der Waals surface area contributed by atoms with Crippen LogP contribution in [0.2, 0.25) is 0 Å². The number of rotatable bonds is 2. The van der Waals surface area contributed by atoms with E-state index in [1.165, 1.54) is 12.0 Å². The van der Waals surface area contributed by atoms with Gasteiger partial charge in [-0.1, -0.05) is 20.8 Å². The van der Waals surface area contributed by atoms with Gasteiger partial charge < -0.3 is 14.6 Å². The summed E-state index contributed by atoms with van der Waals surface area (Å²) in [4.78, 5) is 28.1. The molecule has 0 aromatic heterocycles. The van der Waals surface area contributed by atoms with Crippen molar-refractivity contribution in [3.8, 4) is 0 Å². The van der Waals surface area contributed by atoms with Crippen LogP contribution in [0.5, 0.6) is 0 Å². The van der Waals surface area contributed by atoms with Crippen LogP contribution < -0.4 is 0 Å². The quantitative estimate of drug-likeness (QED) is 0.708. The summed E-state index contributed by atoms with van der Waals surface area (Å²) >= 11 is 3.24. The van der Waals surface area contributed by atoms with E-state index >= 15 is 0 Å². The van der Waals surface area contributed by atoms with Crippen LogP contribution in [0.4, 0.5) is 0 Å². The molecule has 3 fully saturated rings. The molecular formula is C18H29NO5S2. The van der Waals surface area contributed by atoms with E-state index in [4.69, 9.17) is 9.47 Å². The number of fused-ring (bicyclic) bond motifs is 1. The van der Waals surface area contributed by atoms with Gasteiger partial charge in [-0.3, -0.25) is 9.69 Å². The van der Waals surface area contributed by atoms with Gasteiger partial charge in [0.25, 0.3) is 0 Å². The molecule has 0 aliphatic carbocycles. The van der Waals surface area contributed by atoms with Gasteiger partial charge in [0.2, 0.25) is 5.91 Å². The highest BCUT2D eigenvalue weighted by molar-refractivity contribution is 8.17. The molecule has 3 atom stereocenters. The van der Waals surface area contributed by atoms with E-state index in [0.717, 1.165) is 17.9 Å². The van der Waals surface area contributed by atoms with Crippen LogP contribution in [0.3, 0.4) is 0 Å². The summed E-state index contributed by atoms with van der Waals surface area (Å²) in [5.41, 5.74) is -4.65. The average molecular weight is 404 g/mol. The highest BCUT2D eigenvalue weighted by Crippen LogP contribution is 2.62. The number of amides is 1. The van der Waals surface area contributed by atoms with E-state index in [9.17, 15) is 14.7 Å². The molecule has 0 aromatic rings. The Balaban J connectivity index is 2.22. The van der Waals surface area contributed by atoms with Crippen LogP contribution in [0.15, 0.2) is 0 Å². The summed E-state index contributed by atoms with van der Waals surface area (Å²) < 4.78 is 10.8. The average Bonchev–Trinajstić information content (AvgIpc) is 3.06. The Morgan fingerprint density at radius 3 is 2.38 bits per heavy atom. The molecule has 0 spiro atoms. The van der Waals surface area contributed by atoms with Crippen LogP contribution in [-0.2, 0) is 19.1 Å². The van der Waals surface area contributed by atoms with Crippen LogP contribution >= 0.6 is 23.5 Å². The number of hydrogen-bond donors (Lipinski definition) is 1. The minimum Gasteiger partial charge on any atom is -0.467 e. The zero-order chi connectivity index (χ0) is 19.5.